The monoisotopic (exact) mass is 515 g/mol. The molecule has 1 N–H and O–H groups in total. The highest BCUT2D eigenvalue weighted by Gasteiger charge is 2.20. The minimum atomic E-state index is -0.124. The molecule has 0 atom stereocenters. The van der Waals surface area contributed by atoms with Crippen LogP contribution in [0.3, 0.4) is 0 Å². The summed E-state index contributed by atoms with van der Waals surface area (Å²) in [5.41, 5.74) is 4.26. The van der Waals surface area contributed by atoms with Crippen LogP contribution >= 0.6 is 11.6 Å². The summed E-state index contributed by atoms with van der Waals surface area (Å²) in [5, 5.41) is 8.12. The topological polar surface area (TPSA) is 70.5 Å². The van der Waals surface area contributed by atoms with Gasteiger partial charge >= 0.3 is 0 Å². The van der Waals surface area contributed by atoms with E-state index in [2.05, 4.69) is 29.2 Å². The zero-order valence-corrected chi connectivity index (χ0v) is 23.3. The van der Waals surface area contributed by atoms with Gasteiger partial charge in [-0.3, -0.25) is 19.2 Å². The number of benzene rings is 1. The summed E-state index contributed by atoms with van der Waals surface area (Å²) in [6.45, 7) is 14.4. The third-order valence-corrected chi connectivity index (χ3v) is 7.34. The van der Waals surface area contributed by atoms with Crippen molar-refractivity contribution in [1.29, 1.82) is 0 Å². The van der Waals surface area contributed by atoms with E-state index in [1.54, 1.807) is 6.92 Å². The average molecular weight is 516 g/mol. The van der Waals surface area contributed by atoms with E-state index in [1.807, 2.05) is 41.6 Å². The summed E-state index contributed by atoms with van der Waals surface area (Å²) in [5.74, 6) is 0.463. The first-order valence-electron chi connectivity index (χ1n) is 13.3. The number of amides is 2. The Morgan fingerprint density at radius 1 is 1.08 bits per heavy atom. The first-order valence-corrected chi connectivity index (χ1v) is 13.7. The number of nitrogens with zero attached hydrogens (tertiary/aromatic N) is 4. The molecule has 0 spiro atoms. The van der Waals surface area contributed by atoms with Crippen molar-refractivity contribution in [1.82, 2.24) is 20.0 Å². The van der Waals surface area contributed by atoms with Crippen LogP contribution in [-0.4, -0.2) is 52.7 Å². The lowest BCUT2D eigenvalue weighted by Gasteiger charge is -2.30. The van der Waals surface area contributed by atoms with Crippen molar-refractivity contribution in [2.24, 2.45) is 5.92 Å². The minimum Gasteiger partial charge on any atom is -0.350 e. The lowest BCUT2D eigenvalue weighted by Crippen LogP contribution is -2.34. The van der Waals surface area contributed by atoms with E-state index < -0.39 is 0 Å². The van der Waals surface area contributed by atoms with Gasteiger partial charge in [0, 0.05) is 44.4 Å². The van der Waals surface area contributed by atoms with E-state index >= 15 is 0 Å². The van der Waals surface area contributed by atoms with E-state index in [-0.39, 0.29) is 11.8 Å². The number of rotatable bonds is 6. The third-order valence-electron chi connectivity index (χ3n) is 6.79. The normalized spacial score (nSPS) is 15.8. The van der Waals surface area contributed by atoms with Gasteiger partial charge in [-0.2, -0.15) is 5.10 Å². The van der Waals surface area contributed by atoms with E-state index in [9.17, 15) is 9.59 Å². The summed E-state index contributed by atoms with van der Waals surface area (Å²) in [6, 6.07) is 5.76. The van der Waals surface area contributed by atoms with Crippen molar-refractivity contribution in [3.8, 4) is 0 Å². The van der Waals surface area contributed by atoms with Gasteiger partial charge in [0.15, 0.2) is 0 Å². The molecule has 0 saturated heterocycles. The van der Waals surface area contributed by atoms with Gasteiger partial charge in [-0.1, -0.05) is 44.7 Å². The molecule has 2 aromatic rings. The summed E-state index contributed by atoms with van der Waals surface area (Å²) < 4.78 is 1.82. The second-order valence-corrected chi connectivity index (χ2v) is 10.8. The third kappa shape index (κ3) is 7.56. The summed E-state index contributed by atoms with van der Waals surface area (Å²) in [4.78, 5) is 30.0. The van der Waals surface area contributed by atoms with Gasteiger partial charge in [0.1, 0.15) is 0 Å². The fraction of sp³-hybridized carbons (Fsp3) is 0.607. The van der Waals surface area contributed by atoms with Crippen molar-refractivity contribution < 1.29 is 9.59 Å². The van der Waals surface area contributed by atoms with E-state index in [1.165, 1.54) is 19.3 Å². The number of fused-ring (bicyclic) bond motifs is 1. The average Bonchev–Trinajstić information content (AvgIpc) is 3.06. The number of aryl methyl sites for hydroxylation is 1. The van der Waals surface area contributed by atoms with Crippen molar-refractivity contribution in [2.75, 3.05) is 31.1 Å². The van der Waals surface area contributed by atoms with Gasteiger partial charge in [0.2, 0.25) is 5.91 Å². The second kappa shape index (κ2) is 13.2. The molecule has 0 radical (unpaired) electrons. The zero-order chi connectivity index (χ0) is 26.2. The Kier molecular flexibility index (Phi) is 10.4. The van der Waals surface area contributed by atoms with Gasteiger partial charge in [-0.15, -0.1) is 0 Å². The summed E-state index contributed by atoms with van der Waals surface area (Å²) >= 11 is 6.24. The van der Waals surface area contributed by atoms with Crippen LogP contribution in [0.1, 0.15) is 80.2 Å². The first kappa shape index (κ1) is 28.2. The Hall–Kier alpha value is -2.38. The highest BCUT2D eigenvalue weighted by Crippen LogP contribution is 2.26. The lowest BCUT2D eigenvalue weighted by atomic mass is 10.0. The maximum absolute atomic E-state index is 13.1. The molecular formula is C28H42ClN5O2. The predicted molar refractivity (Wildman–Crippen MR) is 147 cm³/mol. The van der Waals surface area contributed by atoms with Crippen molar-refractivity contribution in [2.45, 2.75) is 79.8 Å². The van der Waals surface area contributed by atoms with Crippen molar-refractivity contribution in [3.05, 3.63) is 45.7 Å². The molecule has 1 aromatic carbocycles. The minimum absolute atomic E-state index is 0.0458. The molecule has 8 heteroatoms. The SMILES string of the molecule is CC(=O)N1CCCCCCCN(CC(C)C)Cc2cc(C(=O)NCCn3nc(C)c(Cl)c3C)ccc21. The van der Waals surface area contributed by atoms with Crippen LogP contribution in [0.5, 0.6) is 0 Å². The number of nitrogens with one attached hydrogen (secondary N) is 1. The quantitative estimate of drug-likeness (QED) is 0.562. The molecule has 0 unspecified atom stereocenters. The molecular weight excluding hydrogens is 474 g/mol. The number of hydrogen-bond acceptors (Lipinski definition) is 4. The van der Waals surface area contributed by atoms with Crippen LogP contribution in [0.25, 0.3) is 0 Å². The molecule has 0 aliphatic carbocycles. The standard InChI is InChI=1S/C28H42ClN5O2/c1-20(2)18-32-14-9-7-6-8-10-15-33(23(5)35)26-12-11-24(17-25(26)19-32)28(36)30-13-16-34-22(4)27(29)21(3)31-34/h11-12,17,20H,6-10,13-16,18-19H2,1-5H3,(H,30,36). The van der Waals surface area contributed by atoms with Gasteiger partial charge in [0.25, 0.3) is 5.91 Å². The lowest BCUT2D eigenvalue weighted by molar-refractivity contribution is -0.116. The maximum atomic E-state index is 13.1. The number of aromatic nitrogens is 2. The molecule has 0 bridgehead atoms. The highest BCUT2D eigenvalue weighted by atomic mass is 35.5. The number of hydrogen-bond donors (Lipinski definition) is 1. The summed E-state index contributed by atoms with van der Waals surface area (Å²) in [7, 11) is 0. The molecule has 1 aromatic heterocycles. The van der Waals surface area contributed by atoms with Gasteiger partial charge in [0.05, 0.1) is 23.0 Å². The van der Waals surface area contributed by atoms with Crippen LogP contribution in [0.4, 0.5) is 5.69 Å². The molecule has 2 heterocycles. The Bertz CT molecular complexity index is 1050. The van der Waals surface area contributed by atoms with Crippen LogP contribution in [-0.2, 0) is 17.9 Å². The first-order chi connectivity index (χ1) is 17.2. The maximum Gasteiger partial charge on any atom is 0.251 e. The molecule has 7 nitrogen and oxygen atoms in total. The molecule has 1 aliphatic heterocycles. The molecule has 0 fully saturated rings. The largest absolute Gasteiger partial charge is 0.350 e. The number of anilines is 1. The van der Waals surface area contributed by atoms with Crippen LogP contribution in [0.2, 0.25) is 5.02 Å². The summed E-state index contributed by atoms with van der Waals surface area (Å²) in [6.07, 6.45) is 5.72. The number of carbonyl (C=O) groups is 2. The molecule has 2 amide bonds. The molecule has 0 saturated carbocycles. The fourth-order valence-corrected chi connectivity index (χ4v) is 5.10. The Balaban J connectivity index is 1.82. The van der Waals surface area contributed by atoms with Gasteiger partial charge in [-0.25, -0.2) is 0 Å². The van der Waals surface area contributed by atoms with E-state index in [0.29, 0.717) is 36.1 Å². The van der Waals surface area contributed by atoms with Gasteiger partial charge in [-0.05, 0) is 62.9 Å². The molecule has 36 heavy (non-hydrogen) atoms. The Labute approximate surface area is 221 Å². The Morgan fingerprint density at radius 2 is 1.78 bits per heavy atom. The van der Waals surface area contributed by atoms with E-state index in [4.69, 9.17) is 11.6 Å². The van der Waals surface area contributed by atoms with E-state index in [0.717, 1.165) is 55.1 Å². The van der Waals surface area contributed by atoms with Crippen LogP contribution < -0.4 is 10.2 Å². The fourth-order valence-electron chi connectivity index (χ4n) is 4.96. The Morgan fingerprint density at radius 3 is 2.42 bits per heavy atom. The van der Waals surface area contributed by atoms with Crippen LogP contribution in [0.15, 0.2) is 18.2 Å². The van der Waals surface area contributed by atoms with Crippen molar-refractivity contribution >= 4 is 29.1 Å². The predicted octanol–water partition coefficient (Wildman–Crippen LogP) is 5.36. The van der Waals surface area contributed by atoms with Crippen LogP contribution in [0, 0.1) is 19.8 Å². The highest BCUT2D eigenvalue weighted by molar-refractivity contribution is 6.31. The zero-order valence-electron chi connectivity index (χ0n) is 22.6. The molecule has 1 aliphatic rings. The molecule has 198 valence electrons. The van der Waals surface area contributed by atoms with Crippen molar-refractivity contribution in [3.63, 3.8) is 0 Å². The number of halogens is 1. The number of carbonyl (C=O) groups excluding carboxylic acids is 2. The second-order valence-electron chi connectivity index (χ2n) is 10.4. The van der Waals surface area contributed by atoms with Gasteiger partial charge < -0.3 is 10.2 Å². The molecule has 3 rings (SSSR count). The smallest absolute Gasteiger partial charge is 0.251 e.